The number of hydrogen-bond donors (Lipinski definition) is 0. The molecule has 1 heterocycles. The van der Waals surface area contributed by atoms with Gasteiger partial charge in [-0.2, -0.15) is 0 Å². The number of hydrogen-bond acceptors (Lipinski definition) is 3. The normalized spacial score (nSPS) is 15.2. The zero-order valence-electron chi connectivity index (χ0n) is 16.3. The van der Waals surface area contributed by atoms with Crippen molar-refractivity contribution in [1.29, 1.82) is 0 Å². The summed E-state index contributed by atoms with van der Waals surface area (Å²) in [5.41, 5.74) is 2.32. The van der Waals surface area contributed by atoms with Gasteiger partial charge >= 0.3 is 0 Å². The lowest BCUT2D eigenvalue weighted by Gasteiger charge is -2.16. The van der Waals surface area contributed by atoms with Crippen LogP contribution in [0.5, 0.6) is 5.75 Å². The lowest BCUT2D eigenvalue weighted by Crippen LogP contribution is -2.30. The predicted molar refractivity (Wildman–Crippen MR) is 119 cm³/mol. The molecule has 0 saturated carbocycles. The van der Waals surface area contributed by atoms with Gasteiger partial charge < -0.3 is 9.64 Å². The van der Waals surface area contributed by atoms with E-state index in [9.17, 15) is 9.18 Å². The summed E-state index contributed by atoms with van der Waals surface area (Å²) in [5.74, 6) is 0.0269. The number of amides is 1. The van der Waals surface area contributed by atoms with Gasteiger partial charge in [0.15, 0.2) is 5.11 Å². The highest BCUT2D eigenvalue weighted by molar-refractivity contribution is 7.80. The number of anilines is 1. The summed E-state index contributed by atoms with van der Waals surface area (Å²) in [4.78, 5) is 16.3. The van der Waals surface area contributed by atoms with E-state index < -0.39 is 0 Å². The highest BCUT2D eigenvalue weighted by Gasteiger charge is 2.36. The van der Waals surface area contributed by atoms with Crippen molar-refractivity contribution in [2.24, 2.45) is 0 Å². The zero-order valence-corrected chi connectivity index (χ0v) is 17.1. The first-order valence-electron chi connectivity index (χ1n) is 9.40. The molecular formula is C24H19FN2O2S. The van der Waals surface area contributed by atoms with Crippen molar-refractivity contribution in [2.75, 3.05) is 11.9 Å². The molecule has 150 valence electrons. The number of benzene rings is 3. The fraction of sp³-hybridized carbons (Fsp3) is 0.0833. The van der Waals surface area contributed by atoms with Crippen LogP contribution >= 0.6 is 12.2 Å². The van der Waals surface area contributed by atoms with Crippen molar-refractivity contribution in [1.82, 2.24) is 4.90 Å². The molecule has 0 atom stereocenters. The SMILES string of the molecule is CN1C(=S)N(c2ccccc2)C(=O)/C1=C/c1ccccc1OCc1ccccc1F. The van der Waals surface area contributed by atoms with Crippen molar-refractivity contribution in [3.63, 3.8) is 0 Å². The largest absolute Gasteiger partial charge is 0.488 e. The van der Waals surface area contributed by atoms with Crippen LogP contribution in [-0.2, 0) is 11.4 Å². The van der Waals surface area contributed by atoms with E-state index in [1.54, 1.807) is 42.3 Å². The molecule has 1 fully saturated rings. The van der Waals surface area contributed by atoms with Gasteiger partial charge in [-0.1, -0.05) is 54.6 Å². The Kier molecular flexibility index (Phi) is 5.59. The first-order chi connectivity index (χ1) is 14.6. The molecule has 0 radical (unpaired) electrons. The first-order valence-corrected chi connectivity index (χ1v) is 9.81. The van der Waals surface area contributed by atoms with Crippen LogP contribution in [0.25, 0.3) is 6.08 Å². The number of ether oxygens (including phenoxy) is 1. The van der Waals surface area contributed by atoms with Crippen molar-refractivity contribution in [3.05, 3.63) is 102 Å². The average Bonchev–Trinajstić information content (AvgIpc) is 2.98. The third-order valence-electron chi connectivity index (χ3n) is 4.83. The van der Waals surface area contributed by atoms with Gasteiger partial charge in [0.2, 0.25) is 0 Å². The average molecular weight is 418 g/mol. The number of nitrogens with zero attached hydrogens (tertiary/aromatic N) is 2. The van der Waals surface area contributed by atoms with Gasteiger partial charge in [-0.15, -0.1) is 0 Å². The number of carbonyl (C=O) groups is 1. The quantitative estimate of drug-likeness (QED) is 0.431. The van der Waals surface area contributed by atoms with Gasteiger partial charge in [-0.05, 0) is 42.6 Å². The van der Waals surface area contributed by atoms with Gasteiger partial charge in [0.1, 0.15) is 23.9 Å². The van der Waals surface area contributed by atoms with Crippen LogP contribution in [0.4, 0.5) is 10.1 Å². The molecule has 0 spiro atoms. The zero-order chi connectivity index (χ0) is 21.1. The highest BCUT2D eigenvalue weighted by Crippen LogP contribution is 2.30. The summed E-state index contributed by atoms with van der Waals surface area (Å²) >= 11 is 5.50. The summed E-state index contributed by atoms with van der Waals surface area (Å²) < 4.78 is 19.8. The Bertz CT molecular complexity index is 1130. The number of para-hydroxylation sites is 2. The van der Waals surface area contributed by atoms with Crippen LogP contribution in [0, 0.1) is 5.82 Å². The van der Waals surface area contributed by atoms with Crippen LogP contribution < -0.4 is 9.64 Å². The maximum atomic E-state index is 13.9. The Labute approximate surface area is 179 Å². The standard InChI is InChI=1S/C24H19FN2O2S/c1-26-21(23(28)27(24(26)30)19-11-3-2-4-12-19)15-17-9-6-8-14-22(17)29-16-18-10-5-7-13-20(18)25/h2-15H,16H2,1H3/b21-15-. The molecule has 30 heavy (non-hydrogen) atoms. The summed E-state index contributed by atoms with van der Waals surface area (Å²) in [6.07, 6.45) is 1.74. The number of rotatable bonds is 5. The molecule has 0 unspecified atom stereocenters. The number of carbonyl (C=O) groups excluding carboxylic acids is 1. The Morgan fingerprint density at radius 3 is 2.40 bits per heavy atom. The lowest BCUT2D eigenvalue weighted by atomic mass is 10.1. The molecule has 1 aliphatic heterocycles. The smallest absolute Gasteiger partial charge is 0.281 e. The van der Waals surface area contributed by atoms with Crippen molar-refractivity contribution in [2.45, 2.75) is 6.61 Å². The third-order valence-corrected chi connectivity index (χ3v) is 5.28. The Morgan fingerprint density at radius 2 is 1.63 bits per heavy atom. The summed E-state index contributed by atoms with van der Waals surface area (Å²) in [7, 11) is 1.76. The molecule has 0 bridgehead atoms. The minimum Gasteiger partial charge on any atom is -0.488 e. The van der Waals surface area contributed by atoms with E-state index >= 15 is 0 Å². The van der Waals surface area contributed by atoms with Crippen LogP contribution in [0.15, 0.2) is 84.6 Å². The van der Waals surface area contributed by atoms with Gasteiger partial charge in [0, 0.05) is 18.2 Å². The summed E-state index contributed by atoms with van der Waals surface area (Å²) in [5, 5.41) is 0.405. The minimum absolute atomic E-state index is 0.0885. The topological polar surface area (TPSA) is 32.8 Å². The van der Waals surface area contributed by atoms with Crippen LogP contribution in [0.2, 0.25) is 0 Å². The molecule has 0 aromatic heterocycles. The molecule has 1 aliphatic rings. The Balaban J connectivity index is 1.63. The van der Waals surface area contributed by atoms with Crippen molar-refractivity contribution >= 4 is 35.0 Å². The molecule has 1 saturated heterocycles. The van der Waals surface area contributed by atoms with Crippen molar-refractivity contribution < 1.29 is 13.9 Å². The summed E-state index contributed by atoms with van der Waals surface area (Å²) in [6, 6.07) is 23.1. The second-order valence-corrected chi connectivity index (χ2v) is 7.13. The number of halogens is 1. The van der Waals surface area contributed by atoms with E-state index in [0.717, 1.165) is 0 Å². The molecule has 4 rings (SSSR count). The van der Waals surface area contributed by atoms with Crippen LogP contribution in [0.3, 0.4) is 0 Å². The second kappa shape index (κ2) is 8.47. The van der Waals surface area contributed by atoms with E-state index in [2.05, 4.69) is 0 Å². The van der Waals surface area contributed by atoms with Gasteiger partial charge in [0.05, 0.1) is 5.69 Å². The molecular weight excluding hydrogens is 399 g/mol. The second-order valence-electron chi connectivity index (χ2n) is 6.77. The third kappa shape index (κ3) is 3.82. The Morgan fingerprint density at radius 1 is 0.967 bits per heavy atom. The van der Waals surface area contributed by atoms with E-state index in [1.165, 1.54) is 11.0 Å². The van der Waals surface area contributed by atoms with Crippen LogP contribution in [-0.4, -0.2) is 23.0 Å². The van der Waals surface area contributed by atoms with E-state index in [4.69, 9.17) is 17.0 Å². The van der Waals surface area contributed by atoms with Crippen LogP contribution in [0.1, 0.15) is 11.1 Å². The van der Waals surface area contributed by atoms with E-state index in [-0.39, 0.29) is 18.3 Å². The highest BCUT2D eigenvalue weighted by atomic mass is 32.1. The first kappa shape index (κ1) is 19.8. The maximum Gasteiger partial charge on any atom is 0.281 e. The fourth-order valence-corrected chi connectivity index (χ4v) is 3.50. The number of likely N-dealkylation sites (N-methyl/N-ethyl adjacent to an activating group) is 1. The fourth-order valence-electron chi connectivity index (χ4n) is 3.21. The summed E-state index contributed by atoms with van der Waals surface area (Å²) in [6.45, 7) is 0.0885. The van der Waals surface area contributed by atoms with Gasteiger partial charge in [0.25, 0.3) is 5.91 Å². The minimum atomic E-state index is -0.317. The number of thiocarbonyl (C=S) groups is 1. The van der Waals surface area contributed by atoms with Gasteiger partial charge in [-0.3, -0.25) is 9.69 Å². The van der Waals surface area contributed by atoms with E-state index in [1.807, 2.05) is 48.5 Å². The maximum absolute atomic E-state index is 13.9. The molecule has 0 aliphatic carbocycles. The van der Waals surface area contributed by atoms with Crippen molar-refractivity contribution in [3.8, 4) is 5.75 Å². The molecule has 0 N–H and O–H groups in total. The molecule has 3 aromatic rings. The van der Waals surface area contributed by atoms with E-state index in [0.29, 0.717) is 33.4 Å². The lowest BCUT2D eigenvalue weighted by molar-refractivity contribution is -0.114. The van der Waals surface area contributed by atoms with Gasteiger partial charge in [-0.25, -0.2) is 4.39 Å². The molecule has 3 aromatic carbocycles. The molecule has 6 heteroatoms. The monoisotopic (exact) mass is 418 g/mol. The molecule has 1 amide bonds. The molecule has 4 nitrogen and oxygen atoms in total. The predicted octanol–water partition coefficient (Wildman–Crippen LogP) is 5.01. The Hall–Kier alpha value is -3.51.